The Kier molecular flexibility index (Phi) is 7.89. The third-order valence-electron chi connectivity index (χ3n) is 2.91. The van der Waals surface area contributed by atoms with Gasteiger partial charge in [0.1, 0.15) is 18.0 Å². The van der Waals surface area contributed by atoms with Crippen LogP contribution < -0.4 is 10.6 Å². The smallest absolute Gasteiger partial charge is 0.134 e. The highest BCUT2D eigenvalue weighted by atomic mass is 16.5. The molecule has 5 nitrogen and oxygen atoms in total. The number of anilines is 2. The highest BCUT2D eigenvalue weighted by molar-refractivity contribution is 5.57. The average molecular weight is 266 g/mol. The monoisotopic (exact) mass is 266 g/mol. The maximum atomic E-state index is 5.04. The van der Waals surface area contributed by atoms with Gasteiger partial charge in [-0.1, -0.05) is 13.8 Å². The lowest BCUT2D eigenvalue weighted by molar-refractivity contribution is 0.194. The second-order valence-electron chi connectivity index (χ2n) is 4.46. The summed E-state index contributed by atoms with van der Waals surface area (Å²) >= 11 is 0. The zero-order valence-electron chi connectivity index (χ0n) is 12.3. The summed E-state index contributed by atoms with van der Waals surface area (Å²) in [6, 6.07) is 0. The molecule has 0 aliphatic rings. The van der Waals surface area contributed by atoms with Crippen LogP contribution in [0.5, 0.6) is 0 Å². The van der Waals surface area contributed by atoms with Crippen molar-refractivity contribution in [1.82, 2.24) is 9.97 Å². The summed E-state index contributed by atoms with van der Waals surface area (Å²) in [5, 5.41) is 6.75. The van der Waals surface area contributed by atoms with Crippen LogP contribution in [-0.4, -0.2) is 36.8 Å². The van der Waals surface area contributed by atoms with Crippen LogP contribution in [0.2, 0.25) is 0 Å². The maximum Gasteiger partial charge on any atom is 0.134 e. The first kappa shape index (κ1) is 15.7. The van der Waals surface area contributed by atoms with Gasteiger partial charge in [-0.2, -0.15) is 0 Å². The minimum Gasteiger partial charge on any atom is -0.385 e. The first-order valence-electron chi connectivity index (χ1n) is 7.14. The molecule has 0 atom stereocenters. The Morgan fingerprint density at radius 2 is 1.74 bits per heavy atom. The average Bonchev–Trinajstić information content (AvgIpc) is 2.44. The van der Waals surface area contributed by atoms with E-state index in [2.05, 4.69) is 34.4 Å². The Morgan fingerprint density at radius 3 is 2.32 bits per heavy atom. The number of ether oxygens (including phenoxy) is 1. The first-order valence-corrected chi connectivity index (χ1v) is 7.14. The van der Waals surface area contributed by atoms with Gasteiger partial charge in [-0.05, 0) is 25.7 Å². The molecule has 0 aromatic carbocycles. The molecule has 2 N–H and O–H groups in total. The summed E-state index contributed by atoms with van der Waals surface area (Å²) in [4.78, 5) is 8.67. The third-order valence-corrected chi connectivity index (χ3v) is 2.91. The summed E-state index contributed by atoms with van der Waals surface area (Å²) in [5.41, 5.74) is 1.17. The Bertz CT molecular complexity index is 357. The van der Waals surface area contributed by atoms with Crippen molar-refractivity contribution in [3.8, 4) is 0 Å². The zero-order valence-corrected chi connectivity index (χ0v) is 12.3. The second kappa shape index (κ2) is 9.55. The number of aromatic nitrogens is 2. The molecule has 1 heterocycles. The van der Waals surface area contributed by atoms with Crippen molar-refractivity contribution in [2.24, 2.45) is 0 Å². The molecule has 0 fully saturated rings. The van der Waals surface area contributed by atoms with E-state index in [9.17, 15) is 0 Å². The Balaban J connectivity index is 2.56. The van der Waals surface area contributed by atoms with E-state index in [1.807, 2.05) is 0 Å². The van der Waals surface area contributed by atoms with Gasteiger partial charge in [0.15, 0.2) is 0 Å². The van der Waals surface area contributed by atoms with Crippen molar-refractivity contribution in [3.63, 3.8) is 0 Å². The van der Waals surface area contributed by atoms with Crippen LogP contribution in [0.4, 0.5) is 11.6 Å². The number of nitrogens with zero attached hydrogens (tertiary/aromatic N) is 2. The molecule has 19 heavy (non-hydrogen) atoms. The van der Waals surface area contributed by atoms with Crippen LogP contribution in [0.3, 0.4) is 0 Å². The topological polar surface area (TPSA) is 59.1 Å². The predicted molar refractivity (Wildman–Crippen MR) is 79.8 cm³/mol. The molecule has 0 unspecified atom stereocenters. The van der Waals surface area contributed by atoms with Crippen LogP contribution in [0.15, 0.2) is 6.33 Å². The van der Waals surface area contributed by atoms with Crippen molar-refractivity contribution in [3.05, 3.63) is 11.9 Å². The van der Waals surface area contributed by atoms with E-state index in [4.69, 9.17) is 4.74 Å². The van der Waals surface area contributed by atoms with Crippen molar-refractivity contribution < 1.29 is 4.74 Å². The molecule has 1 rings (SSSR count). The van der Waals surface area contributed by atoms with Crippen LogP contribution in [-0.2, 0) is 11.2 Å². The van der Waals surface area contributed by atoms with E-state index < -0.39 is 0 Å². The third kappa shape index (κ3) is 5.42. The molecule has 0 aliphatic heterocycles. The van der Waals surface area contributed by atoms with Crippen molar-refractivity contribution in [2.45, 2.75) is 39.5 Å². The number of rotatable bonds is 10. The van der Waals surface area contributed by atoms with Crippen LogP contribution >= 0.6 is 0 Å². The standard InChI is InChI=1S/C14H26N4O/c1-4-8-15-13-12(5-2)14(18-11-17-13)16-9-6-7-10-19-3/h11H,4-10H2,1-3H3,(H2,15,16,17,18). The predicted octanol–water partition coefficient (Wildman–Crippen LogP) is 2.70. The van der Waals surface area contributed by atoms with E-state index in [0.717, 1.165) is 57.0 Å². The van der Waals surface area contributed by atoms with Crippen molar-refractivity contribution in [2.75, 3.05) is 37.4 Å². The Labute approximate surface area is 116 Å². The molecule has 108 valence electrons. The maximum absolute atomic E-state index is 5.04. The molecule has 0 amide bonds. The lowest BCUT2D eigenvalue weighted by Crippen LogP contribution is -2.11. The van der Waals surface area contributed by atoms with E-state index in [0.29, 0.717) is 0 Å². The number of unbranched alkanes of at least 4 members (excludes halogenated alkanes) is 1. The minimum atomic E-state index is 0.815. The van der Waals surface area contributed by atoms with E-state index in [-0.39, 0.29) is 0 Å². The number of hydrogen-bond acceptors (Lipinski definition) is 5. The van der Waals surface area contributed by atoms with Crippen LogP contribution in [0.1, 0.15) is 38.7 Å². The van der Waals surface area contributed by atoms with Gasteiger partial charge in [-0.15, -0.1) is 0 Å². The second-order valence-corrected chi connectivity index (χ2v) is 4.46. The number of nitrogens with one attached hydrogen (secondary N) is 2. The van der Waals surface area contributed by atoms with E-state index in [1.54, 1.807) is 13.4 Å². The number of hydrogen-bond donors (Lipinski definition) is 2. The van der Waals surface area contributed by atoms with Gasteiger partial charge < -0.3 is 15.4 Å². The van der Waals surface area contributed by atoms with Crippen molar-refractivity contribution in [1.29, 1.82) is 0 Å². The Hall–Kier alpha value is -1.36. The van der Waals surface area contributed by atoms with Gasteiger partial charge in [0.2, 0.25) is 0 Å². The summed E-state index contributed by atoms with van der Waals surface area (Å²) < 4.78 is 5.04. The van der Waals surface area contributed by atoms with Gasteiger partial charge in [0.05, 0.1) is 0 Å². The molecule has 5 heteroatoms. The molecular weight excluding hydrogens is 240 g/mol. The van der Waals surface area contributed by atoms with E-state index in [1.165, 1.54) is 5.56 Å². The minimum absolute atomic E-state index is 0.815. The first-order chi connectivity index (χ1) is 9.33. The SMILES string of the molecule is CCCNc1ncnc(NCCCCOC)c1CC. The van der Waals surface area contributed by atoms with Gasteiger partial charge in [-0.3, -0.25) is 0 Å². The summed E-state index contributed by atoms with van der Waals surface area (Å²) in [6.45, 7) is 6.95. The van der Waals surface area contributed by atoms with E-state index >= 15 is 0 Å². The molecule has 0 spiro atoms. The number of methoxy groups -OCH3 is 1. The highest BCUT2D eigenvalue weighted by Crippen LogP contribution is 2.20. The van der Waals surface area contributed by atoms with Gasteiger partial charge in [0, 0.05) is 32.4 Å². The summed E-state index contributed by atoms with van der Waals surface area (Å²) in [7, 11) is 1.73. The molecule has 0 saturated heterocycles. The fourth-order valence-corrected chi connectivity index (χ4v) is 1.87. The molecular formula is C14H26N4O. The van der Waals surface area contributed by atoms with Gasteiger partial charge in [0.25, 0.3) is 0 Å². The summed E-state index contributed by atoms with van der Waals surface area (Å²) in [6.07, 6.45) is 5.78. The molecule has 0 saturated carbocycles. The zero-order chi connectivity index (χ0) is 13.9. The fraction of sp³-hybridized carbons (Fsp3) is 0.714. The normalized spacial score (nSPS) is 10.5. The van der Waals surface area contributed by atoms with Crippen molar-refractivity contribution >= 4 is 11.6 Å². The Morgan fingerprint density at radius 1 is 1.05 bits per heavy atom. The molecule has 0 bridgehead atoms. The fourth-order valence-electron chi connectivity index (χ4n) is 1.87. The molecule has 1 aromatic heterocycles. The lowest BCUT2D eigenvalue weighted by Gasteiger charge is -2.14. The summed E-state index contributed by atoms with van der Waals surface area (Å²) in [5.74, 6) is 1.91. The largest absolute Gasteiger partial charge is 0.385 e. The molecule has 1 aromatic rings. The quantitative estimate of drug-likeness (QED) is 0.638. The van der Waals surface area contributed by atoms with Crippen LogP contribution in [0, 0.1) is 0 Å². The lowest BCUT2D eigenvalue weighted by atomic mass is 10.2. The van der Waals surface area contributed by atoms with Gasteiger partial charge in [-0.25, -0.2) is 9.97 Å². The van der Waals surface area contributed by atoms with Gasteiger partial charge >= 0.3 is 0 Å². The molecule has 0 radical (unpaired) electrons. The highest BCUT2D eigenvalue weighted by Gasteiger charge is 2.08. The van der Waals surface area contributed by atoms with Crippen LogP contribution in [0.25, 0.3) is 0 Å². The molecule has 0 aliphatic carbocycles.